The summed E-state index contributed by atoms with van der Waals surface area (Å²) >= 11 is 0. The second-order valence-corrected chi connectivity index (χ2v) is 1.94. The largest absolute Gasteiger partial charge is 0.385 e. The summed E-state index contributed by atoms with van der Waals surface area (Å²) in [5, 5.41) is 5.93. The summed E-state index contributed by atoms with van der Waals surface area (Å²) < 4.78 is 4.54. The minimum absolute atomic E-state index is 0.336. The van der Waals surface area contributed by atoms with Crippen LogP contribution < -0.4 is 5.59 Å². The average Bonchev–Trinajstić information content (AvgIpc) is 2.52. The monoisotopic (exact) mass is 166 g/mol. The zero-order chi connectivity index (χ0) is 9.40. The second-order valence-electron chi connectivity index (χ2n) is 1.94. The molecule has 0 unspecified atom stereocenters. The molecule has 0 aliphatic carbocycles. The average molecular weight is 166 g/mol. The minimum Gasteiger partial charge on any atom is -0.385 e. The molecule has 0 bridgehead atoms. The molecule has 0 fully saturated rings. The zero-order valence-corrected chi connectivity index (χ0v) is 7.20. The van der Waals surface area contributed by atoms with E-state index in [9.17, 15) is 4.79 Å². The highest BCUT2D eigenvalue weighted by atomic mass is 16.5. The maximum absolute atomic E-state index is 9.88. The van der Waals surface area contributed by atoms with Gasteiger partial charge in [-0.1, -0.05) is 0 Å². The summed E-state index contributed by atoms with van der Waals surface area (Å²) in [6.45, 7) is 2.78. The Morgan fingerprint density at radius 3 is 2.58 bits per heavy atom. The Balaban J connectivity index is 0.000000261. The van der Waals surface area contributed by atoms with Gasteiger partial charge in [-0.25, -0.2) is 0 Å². The number of nitrogens with zero attached hydrogens (tertiary/aromatic N) is 1. The molecule has 0 aliphatic heterocycles. The fourth-order valence-electron chi connectivity index (χ4n) is 0.413. The van der Waals surface area contributed by atoms with Crippen molar-refractivity contribution in [2.75, 3.05) is 13.7 Å². The first-order chi connectivity index (χ1) is 5.74. The zero-order valence-electron chi connectivity index (χ0n) is 7.20. The Labute approximate surface area is 72.7 Å². The fourth-order valence-corrected chi connectivity index (χ4v) is 0.413. The molecule has 12 heavy (non-hydrogen) atoms. The third kappa shape index (κ3) is 4.68. The number of aldehydes is 1. The van der Waals surface area contributed by atoms with Crippen LogP contribution in [0.2, 0.25) is 0 Å². The van der Waals surface area contributed by atoms with E-state index in [-0.39, 0.29) is 0 Å². The molecule has 0 atom stereocenters. The van der Waals surface area contributed by atoms with Crippen molar-refractivity contribution in [3.8, 4) is 0 Å². The molecule has 1 rings (SSSR count). The van der Waals surface area contributed by atoms with Crippen LogP contribution in [0.15, 0.2) is 6.07 Å². The van der Waals surface area contributed by atoms with E-state index in [2.05, 4.69) is 14.9 Å². The number of hydrogen-bond acceptors (Lipinski definition) is 3. The SMILES string of the molecule is CCOC.[B]c1cc(C=O)n[nH]1. The summed E-state index contributed by atoms with van der Waals surface area (Å²) in [6.07, 6.45) is 0.632. The van der Waals surface area contributed by atoms with Crippen molar-refractivity contribution in [2.24, 2.45) is 0 Å². The molecular formula is C7H11BN2O2. The van der Waals surface area contributed by atoms with E-state index in [0.29, 0.717) is 17.6 Å². The number of hydrogen-bond donors (Lipinski definition) is 1. The molecule has 1 aromatic heterocycles. The third-order valence-electron chi connectivity index (χ3n) is 1.03. The lowest BCUT2D eigenvalue weighted by Crippen LogP contribution is -2.00. The molecule has 0 spiro atoms. The molecule has 0 amide bonds. The van der Waals surface area contributed by atoms with E-state index in [1.165, 1.54) is 6.07 Å². The summed E-state index contributed by atoms with van der Waals surface area (Å²) in [6, 6.07) is 1.47. The van der Waals surface area contributed by atoms with Crippen LogP contribution in [0.25, 0.3) is 0 Å². The van der Waals surface area contributed by atoms with Crippen LogP contribution in [-0.4, -0.2) is 38.0 Å². The molecule has 4 nitrogen and oxygen atoms in total. The molecule has 0 saturated heterocycles. The van der Waals surface area contributed by atoms with Crippen molar-refractivity contribution in [3.63, 3.8) is 0 Å². The number of methoxy groups -OCH3 is 1. The van der Waals surface area contributed by atoms with E-state index in [0.717, 1.165) is 6.61 Å². The Hall–Kier alpha value is -1.10. The van der Waals surface area contributed by atoms with Crippen LogP contribution in [0.3, 0.4) is 0 Å². The Kier molecular flexibility index (Phi) is 6.00. The number of ether oxygens (including phenoxy) is 1. The Morgan fingerprint density at radius 1 is 1.83 bits per heavy atom. The van der Waals surface area contributed by atoms with Gasteiger partial charge in [0, 0.05) is 13.7 Å². The normalized spacial score (nSPS) is 8.50. The highest BCUT2D eigenvalue weighted by molar-refractivity contribution is 6.30. The van der Waals surface area contributed by atoms with Crippen molar-refractivity contribution >= 4 is 19.7 Å². The van der Waals surface area contributed by atoms with Gasteiger partial charge in [-0.15, -0.1) is 0 Å². The minimum atomic E-state index is 0.336. The number of aromatic amines is 1. The van der Waals surface area contributed by atoms with Gasteiger partial charge in [0.1, 0.15) is 13.5 Å². The standard InChI is InChI=1S/C4H3BN2O.C3H8O/c5-4-1-3(2-8)6-7-4;1-3-4-2/h1-2H,(H,6,7);3H2,1-2H3. The highest BCUT2D eigenvalue weighted by Crippen LogP contribution is 1.78. The van der Waals surface area contributed by atoms with Gasteiger partial charge in [-0.2, -0.15) is 5.10 Å². The van der Waals surface area contributed by atoms with Gasteiger partial charge < -0.3 is 4.74 Å². The van der Waals surface area contributed by atoms with Gasteiger partial charge in [0.15, 0.2) is 6.29 Å². The lowest BCUT2D eigenvalue weighted by Gasteiger charge is -1.76. The van der Waals surface area contributed by atoms with Gasteiger partial charge in [-0.05, 0) is 18.6 Å². The van der Waals surface area contributed by atoms with Gasteiger partial charge in [0.2, 0.25) is 0 Å². The number of nitrogens with one attached hydrogen (secondary N) is 1. The molecule has 1 N–H and O–H groups in total. The number of carbonyl (C=O) groups excluding carboxylic acids is 1. The van der Waals surface area contributed by atoms with Gasteiger partial charge in [0.05, 0.1) is 0 Å². The predicted octanol–water partition coefficient (Wildman–Crippen LogP) is -0.331. The van der Waals surface area contributed by atoms with Gasteiger partial charge in [-0.3, -0.25) is 9.89 Å². The van der Waals surface area contributed by atoms with Crippen LogP contribution in [0.5, 0.6) is 0 Å². The topological polar surface area (TPSA) is 55.0 Å². The van der Waals surface area contributed by atoms with Crippen molar-refractivity contribution < 1.29 is 9.53 Å². The third-order valence-corrected chi connectivity index (χ3v) is 1.03. The molecule has 0 aliphatic rings. The highest BCUT2D eigenvalue weighted by Gasteiger charge is 1.90. The van der Waals surface area contributed by atoms with E-state index < -0.39 is 0 Å². The summed E-state index contributed by atoms with van der Waals surface area (Å²) in [4.78, 5) is 9.88. The number of rotatable bonds is 2. The number of H-pyrrole nitrogens is 1. The molecule has 5 heteroatoms. The summed E-state index contributed by atoms with van der Waals surface area (Å²) in [5.74, 6) is 0. The fraction of sp³-hybridized carbons (Fsp3) is 0.429. The van der Waals surface area contributed by atoms with E-state index in [4.69, 9.17) is 7.85 Å². The van der Waals surface area contributed by atoms with Gasteiger partial charge >= 0.3 is 0 Å². The molecular weight excluding hydrogens is 155 g/mol. The van der Waals surface area contributed by atoms with Crippen molar-refractivity contribution in [1.29, 1.82) is 0 Å². The Bertz CT molecular complexity index is 223. The maximum Gasteiger partial charge on any atom is 0.170 e. The van der Waals surface area contributed by atoms with Gasteiger partial charge in [0.25, 0.3) is 0 Å². The predicted molar refractivity (Wildman–Crippen MR) is 46.9 cm³/mol. The van der Waals surface area contributed by atoms with Crippen molar-refractivity contribution in [3.05, 3.63) is 11.8 Å². The molecule has 64 valence electrons. The van der Waals surface area contributed by atoms with Crippen molar-refractivity contribution in [2.45, 2.75) is 6.92 Å². The lowest BCUT2D eigenvalue weighted by atomic mass is 10.1. The van der Waals surface area contributed by atoms with Crippen LogP contribution in [0.4, 0.5) is 0 Å². The second kappa shape index (κ2) is 6.60. The van der Waals surface area contributed by atoms with Crippen LogP contribution in [-0.2, 0) is 4.74 Å². The smallest absolute Gasteiger partial charge is 0.170 e. The van der Waals surface area contributed by atoms with E-state index >= 15 is 0 Å². The molecule has 0 aromatic carbocycles. The van der Waals surface area contributed by atoms with Crippen molar-refractivity contribution in [1.82, 2.24) is 10.2 Å². The lowest BCUT2D eigenvalue weighted by molar-refractivity contribution is 0.111. The number of carbonyl (C=O) groups is 1. The van der Waals surface area contributed by atoms with Crippen LogP contribution >= 0.6 is 0 Å². The maximum atomic E-state index is 9.88. The first-order valence-electron chi connectivity index (χ1n) is 3.49. The molecule has 1 aromatic rings. The quantitative estimate of drug-likeness (QED) is 0.483. The number of aromatic nitrogens is 2. The van der Waals surface area contributed by atoms with Crippen LogP contribution in [0, 0.1) is 0 Å². The first-order valence-corrected chi connectivity index (χ1v) is 3.49. The molecule has 1 heterocycles. The summed E-state index contributed by atoms with van der Waals surface area (Å²) in [7, 11) is 6.86. The summed E-state index contributed by atoms with van der Waals surface area (Å²) in [5.41, 5.74) is 0.745. The molecule has 2 radical (unpaired) electrons. The van der Waals surface area contributed by atoms with Crippen LogP contribution in [0.1, 0.15) is 17.4 Å². The molecule has 0 saturated carbocycles. The van der Waals surface area contributed by atoms with E-state index in [1.807, 2.05) is 6.92 Å². The Morgan fingerprint density at radius 2 is 2.42 bits per heavy atom. The first kappa shape index (κ1) is 10.9. The van der Waals surface area contributed by atoms with E-state index in [1.54, 1.807) is 7.11 Å².